The van der Waals surface area contributed by atoms with Crippen LogP contribution in [0.1, 0.15) is 30.4 Å². The highest BCUT2D eigenvalue weighted by Gasteiger charge is 2.57. The third-order valence-corrected chi connectivity index (χ3v) is 10.8. The predicted molar refractivity (Wildman–Crippen MR) is 147 cm³/mol. The molecule has 2 heterocycles. The first-order valence-electron chi connectivity index (χ1n) is 12.8. The van der Waals surface area contributed by atoms with Gasteiger partial charge < -0.3 is 15.3 Å². The zero-order valence-electron chi connectivity index (χ0n) is 21.7. The van der Waals surface area contributed by atoms with Crippen molar-refractivity contribution in [1.82, 2.24) is 4.90 Å². The molecule has 1 unspecified atom stereocenters. The van der Waals surface area contributed by atoms with Gasteiger partial charge >= 0.3 is 0 Å². The Kier molecular flexibility index (Phi) is 6.10. The first-order chi connectivity index (χ1) is 18.4. The molecule has 9 nitrogen and oxygen atoms in total. The predicted octanol–water partition coefficient (Wildman–Crippen LogP) is 3.65. The van der Waals surface area contributed by atoms with Crippen LogP contribution < -0.4 is 9.62 Å². The Labute approximate surface area is 229 Å². The zero-order chi connectivity index (χ0) is 27.8. The number of nitrogens with one attached hydrogen (secondary N) is 1. The largest absolute Gasteiger partial charge is 0.511 e. The quantitative estimate of drug-likeness (QED) is 0.565. The zero-order valence-corrected chi connectivity index (χ0v) is 23.4. The van der Waals surface area contributed by atoms with Crippen molar-refractivity contribution in [2.24, 2.45) is 22.2 Å². The molecule has 2 aliphatic carbocycles. The molecule has 1 amide bonds. The summed E-state index contributed by atoms with van der Waals surface area (Å²) in [6.07, 6.45) is 3.95. The van der Waals surface area contributed by atoms with Gasteiger partial charge in [-0.05, 0) is 73.4 Å². The molecule has 2 aromatic carbocycles. The molecular weight excluding hydrogens is 543 g/mol. The number of benzene rings is 2. The summed E-state index contributed by atoms with van der Waals surface area (Å²) < 4.78 is 56.4. The molecule has 2 aliphatic heterocycles. The number of nitrogens with zero attached hydrogens (tertiary/aromatic N) is 3. The van der Waals surface area contributed by atoms with Gasteiger partial charge in [0.25, 0.3) is 5.91 Å². The standard InChI is InChI=1S/C27H29FN4O5S2/c1-14-10-15(4-8-19(14)28)13-32-24-17-6-5-16(11-17)22(24)25(33)23(27(32)34)26-29-20-9-7-18(31(2)39(3,36)37)12-21(20)38(35)30-26/h4,7-10,12,16-17,22,24,33H,5-6,11,13H2,1-3H3,(H,29,30)/t16-,17+,22+,24-,38?/m0/s1. The van der Waals surface area contributed by atoms with Gasteiger partial charge in [0.05, 0.1) is 22.5 Å². The number of carbonyl (C=O) groups is 1. The Morgan fingerprint density at radius 3 is 2.67 bits per heavy atom. The second-order valence-electron chi connectivity index (χ2n) is 10.9. The van der Waals surface area contributed by atoms with E-state index in [4.69, 9.17) is 0 Å². The van der Waals surface area contributed by atoms with Crippen LogP contribution in [0.15, 0.2) is 57.0 Å². The van der Waals surface area contributed by atoms with Crippen molar-refractivity contribution < 1.29 is 26.9 Å². The van der Waals surface area contributed by atoms with Crippen LogP contribution >= 0.6 is 0 Å². The van der Waals surface area contributed by atoms with E-state index in [-0.39, 0.29) is 58.2 Å². The lowest BCUT2D eigenvalue weighted by Crippen LogP contribution is -2.53. The molecule has 39 heavy (non-hydrogen) atoms. The summed E-state index contributed by atoms with van der Waals surface area (Å²) in [5.41, 5.74) is 2.02. The Morgan fingerprint density at radius 1 is 1.21 bits per heavy atom. The topological polar surface area (TPSA) is 119 Å². The van der Waals surface area contributed by atoms with Gasteiger partial charge in [0.1, 0.15) is 17.1 Å². The number of rotatable bonds is 5. The van der Waals surface area contributed by atoms with Gasteiger partial charge in [-0.2, -0.15) is 4.40 Å². The summed E-state index contributed by atoms with van der Waals surface area (Å²) in [5, 5.41) is 14.5. The van der Waals surface area contributed by atoms with Gasteiger partial charge in [-0.1, -0.05) is 12.1 Å². The van der Waals surface area contributed by atoms with Crippen molar-refractivity contribution >= 4 is 44.1 Å². The second-order valence-corrected chi connectivity index (χ2v) is 14.0. The van der Waals surface area contributed by atoms with Crippen LogP contribution in [-0.4, -0.2) is 53.7 Å². The van der Waals surface area contributed by atoms with E-state index in [1.54, 1.807) is 36.1 Å². The molecule has 0 radical (unpaired) electrons. The Balaban J connectivity index is 1.38. The maximum Gasteiger partial charge on any atom is 0.261 e. The molecule has 4 aliphatic rings. The van der Waals surface area contributed by atoms with Gasteiger partial charge in [0.15, 0.2) is 16.8 Å². The highest BCUT2D eigenvalue weighted by molar-refractivity contribution is 7.92. The first kappa shape index (κ1) is 26.0. The average molecular weight is 573 g/mol. The lowest BCUT2D eigenvalue weighted by Gasteiger charge is -2.44. The molecule has 2 N–H and O–H groups in total. The van der Waals surface area contributed by atoms with Crippen LogP contribution in [0.2, 0.25) is 0 Å². The van der Waals surface area contributed by atoms with Crippen molar-refractivity contribution in [1.29, 1.82) is 0 Å². The van der Waals surface area contributed by atoms with E-state index >= 15 is 0 Å². The third-order valence-electron chi connectivity index (χ3n) is 8.53. The summed E-state index contributed by atoms with van der Waals surface area (Å²) in [5.74, 6) is -0.468. The van der Waals surface area contributed by atoms with E-state index < -0.39 is 26.9 Å². The number of hydrogen-bond acceptors (Lipinski definition) is 6. The maximum atomic E-state index is 14.0. The molecule has 2 bridgehead atoms. The number of aryl methyl sites for hydroxylation is 1. The maximum absolute atomic E-state index is 14.0. The van der Waals surface area contributed by atoms with E-state index in [2.05, 4.69) is 9.71 Å². The smallest absolute Gasteiger partial charge is 0.261 e. The Bertz CT molecular complexity index is 1610. The molecule has 0 spiro atoms. The Morgan fingerprint density at radius 2 is 1.95 bits per heavy atom. The SMILES string of the molecule is Cc1cc(CN2C(=O)C(C3=NS(=O)c4cc(N(C)S(C)(=O)=O)ccc4N3)=C(O)[C@@H]3[C@H]4CC[C@H](C4)[C@@H]32)ccc1F. The van der Waals surface area contributed by atoms with Crippen molar-refractivity contribution in [3.8, 4) is 0 Å². The van der Waals surface area contributed by atoms with Crippen LogP contribution in [0.4, 0.5) is 15.8 Å². The number of aliphatic hydroxyl groups is 1. The first-order valence-corrected chi connectivity index (χ1v) is 15.7. The minimum Gasteiger partial charge on any atom is -0.511 e. The molecule has 0 saturated heterocycles. The van der Waals surface area contributed by atoms with Gasteiger partial charge in [0, 0.05) is 25.6 Å². The summed E-state index contributed by atoms with van der Waals surface area (Å²) in [7, 11) is -4.07. The molecule has 12 heteroatoms. The molecule has 6 rings (SSSR count). The van der Waals surface area contributed by atoms with E-state index in [1.165, 1.54) is 19.2 Å². The van der Waals surface area contributed by atoms with Gasteiger partial charge in [-0.15, -0.1) is 0 Å². The van der Waals surface area contributed by atoms with Crippen molar-refractivity contribution in [3.63, 3.8) is 0 Å². The van der Waals surface area contributed by atoms with Crippen LogP contribution in [-0.2, 0) is 32.3 Å². The molecule has 206 valence electrons. The fraction of sp³-hybridized carbons (Fsp3) is 0.407. The number of fused-ring (bicyclic) bond motifs is 6. The van der Waals surface area contributed by atoms with E-state index in [0.29, 0.717) is 16.9 Å². The Hall–Kier alpha value is -3.25. The van der Waals surface area contributed by atoms with E-state index in [0.717, 1.165) is 35.4 Å². The number of anilines is 2. The van der Waals surface area contributed by atoms with Gasteiger partial charge in [-0.25, -0.2) is 17.0 Å². The molecular formula is C27H29FN4O5S2. The number of halogens is 1. The van der Waals surface area contributed by atoms with Crippen LogP contribution in [0.25, 0.3) is 0 Å². The second kappa shape index (κ2) is 9.16. The fourth-order valence-corrected chi connectivity index (χ4v) is 8.01. The number of aliphatic hydroxyl groups excluding tert-OH is 1. The van der Waals surface area contributed by atoms with E-state index in [1.807, 2.05) is 0 Å². The molecule has 2 aromatic rings. The molecule has 2 fully saturated rings. The lowest BCUT2D eigenvalue weighted by molar-refractivity contribution is -0.134. The summed E-state index contributed by atoms with van der Waals surface area (Å²) >= 11 is 0. The molecule has 0 aromatic heterocycles. The van der Waals surface area contributed by atoms with Crippen molar-refractivity contribution in [2.75, 3.05) is 22.9 Å². The van der Waals surface area contributed by atoms with Gasteiger partial charge in [0.2, 0.25) is 10.0 Å². The van der Waals surface area contributed by atoms with Crippen LogP contribution in [0.3, 0.4) is 0 Å². The number of hydrogen-bond donors (Lipinski definition) is 2. The summed E-state index contributed by atoms with van der Waals surface area (Å²) in [6, 6.07) is 9.27. The summed E-state index contributed by atoms with van der Waals surface area (Å²) in [6.45, 7) is 1.94. The number of carbonyl (C=O) groups excluding carboxylic acids is 1. The van der Waals surface area contributed by atoms with Crippen LogP contribution in [0.5, 0.6) is 0 Å². The average Bonchev–Trinajstić information content (AvgIpc) is 3.50. The number of amides is 1. The highest BCUT2D eigenvalue weighted by Crippen LogP contribution is 2.55. The monoisotopic (exact) mass is 572 g/mol. The fourth-order valence-electron chi connectivity index (χ4n) is 6.59. The number of amidine groups is 1. The minimum absolute atomic E-state index is 0.000959. The van der Waals surface area contributed by atoms with Gasteiger partial charge in [-0.3, -0.25) is 9.10 Å². The van der Waals surface area contributed by atoms with E-state index in [9.17, 15) is 26.9 Å². The van der Waals surface area contributed by atoms with Crippen molar-refractivity contribution in [2.45, 2.75) is 43.7 Å². The summed E-state index contributed by atoms with van der Waals surface area (Å²) in [4.78, 5) is 16.1. The molecule has 5 atom stereocenters. The third kappa shape index (κ3) is 4.24. The number of sulfonamides is 1. The van der Waals surface area contributed by atoms with Crippen LogP contribution in [0, 0.1) is 30.5 Å². The lowest BCUT2D eigenvalue weighted by atomic mass is 9.77. The normalized spacial score (nSPS) is 27.7. The van der Waals surface area contributed by atoms with Crippen molar-refractivity contribution in [3.05, 3.63) is 64.7 Å². The minimum atomic E-state index is -3.53. The highest BCUT2D eigenvalue weighted by atomic mass is 32.2. The molecule has 2 saturated carbocycles.